The minimum atomic E-state index is -0.505. The average Bonchev–Trinajstić information content (AvgIpc) is 2.57. The minimum absolute atomic E-state index is 0.0465. The fraction of sp³-hybridized carbons (Fsp3) is 0.312. The van der Waals surface area contributed by atoms with E-state index >= 15 is 0 Å². The number of benzene rings is 1. The molecule has 6 nitrogen and oxygen atoms in total. The van der Waals surface area contributed by atoms with Crippen molar-refractivity contribution >= 4 is 5.91 Å². The lowest BCUT2D eigenvalue weighted by Crippen LogP contribution is -2.42. The molecule has 0 aliphatic carbocycles. The topological polar surface area (TPSA) is 64.4 Å². The van der Waals surface area contributed by atoms with Crippen LogP contribution < -0.4 is 10.3 Å². The molecule has 1 aromatic carbocycles. The molecular formula is C16H16FN3O3. The Balaban J connectivity index is 1.67. The summed E-state index contributed by atoms with van der Waals surface area (Å²) in [5.74, 6) is -0.721. The summed E-state index contributed by atoms with van der Waals surface area (Å²) >= 11 is 0. The zero-order valence-electron chi connectivity index (χ0n) is 12.7. The number of ether oxygens (including phenoxy) is 1. The number of fused-ring (bicyclic) bond motifs is 1. The lowest BCUT2D eigenvalue weighted by molar-refractivity contribution is -0.134. The highest BCUT2D eigenvalue weighted by Gasteiger charge is 2.24. The molecule has 0 unspecified atom stereocenters. The summed E-state index contributed by atoms with van der Waals surface area (Å²) < 4.78 is 20.1. The first-order valence-electron chi connectivity index (χ1n) is 7.24. The van der Waals surface area contributed by atoms with Crippen molar-refractivity contribution in [2.24, 2.45) is 7.05 Å². The predicted octanol–water partition coefficient (Wildman–Crippen LogP) is 0.883. The van der Waals surface area contributed by atoms with E-state index in [4.69, 9.17) is 4.74 Å². The van der Waals surface area contributed by atoms with Gasteiger partial charge in [0.1, 0.15) is 0 Å². The average molecular weight is 317 g/mol. The van der Waals surface area contributed by atoms with Crippen LogP contribution >= 0.6 is 0 Å². The van der Waals surface area contributed by atoms with Crippen molar-refractivity contribution in [3.05, 3.63) is 58.0 Å². The number of halogens is 1. The summed E-state index contributed by atoms with van der Waals surface area (Å²) in [7, 11) is 1.65. The molecule has 0 bridgehead atoms. The van der Waals surface area contributed by atoms with Crippen LogP contribution in [0.15, 0.2) is 35.4 Å². The minimum Gasteiger partial charge on any atom is -0.481 e. The molecule has 0 fully saturated rings. The molecule has 3 rings (SSSR count). The molecule has 1 amide bonds. The van der Waals surface area contributed by atoms with Crippen molar-refractivity contribution in [1.82, 2.24) is 14.5 Å². The van der Waals surface area contributed by atoms with E-state index in [9.17, 15) is 14.0 Å². The van der Waals surface area contributed by atoms with Crippen LogP contribution in [0.5, 0.6) is 5.75 Å². The van der Waals surface area contributed by atoms with E-state index in [0.717, 1.165) is 0 Å². The maximum Gasteiger partial charge on any atom is 0.260 e. The van der Waals surface area contributed by atoms with Crippen LogP contribution in [0.1, 0.15) is 11.3 Å². The second kappa shape index (κ2) is 6.20. The molecule has 120 valence electrons. The first-order valence-corrected chi connectivity index (χ1v) is 7.24. The number of rotatable bonds is 3. The second-order valence-corrected chi connectivity index (χ2v) is 5.37. The fourth-order valence-electron chi connectivity index (χ4n) is 2.52. The van der Waals surface area contributed by atoms with Gasteiger partial charge in [-0.25, -0.2) is 9.37 Å². The number of amides is 1. The molecule has 0 radical (unpaired) electrons. The summed E-state index contributed by atoms with van der Waals surface area (Å²) in [5.41, 5.74) is 1.18. The normalized spacial score (nSPS) is 13.6. The zero-order valence-corrected chi connectivity index (χ0v) is 12.7. The van der Waals surface area contributed by atoms with Gasteiger partial charge in [0, 0.05) is 19.2 Å². The van der Waals surface area contributed by atoms with Crippen LogP contribution in [-0.2, 0) is 24.8 Å². The third kappa shape index (κ3) is 3.08. The van der Waals surface area contributed by atoms with Gasteiger partial charge in [0.2, 0.25) is 0 Å². The largest absolute Gasteiger partial charge is 0.481 e. The molecule has 0 saturated heterocycles. The highest BCUT2D eigenvalue weighted by atomic mass is 19.1. The van der Waals surface area contributed by atoms with E-state index < -0.39 is 5.82 Å². The van der Waals surface area contributed by atoms with E-state index in [1.54, 1.807) is 24.1 Å². The maximum absolute atomic E-state index is 13.5. The molecule has 23 heavy (non-hydrogen) atoms. The molecule has 0 saturated carbocycles. The molecular weight excluding hydrogens is 301 g/mol. The van der Waals surface area contributed by atoms with Crippen LogP contribution in [-0.4, -0.2) is 33.5 Å². The number of para-hydroxylation sites is 1. The van der Waals surface area contributed by atoms with Gasteiger partial charge in [-0.1, -0.05) is 12.1 Å². The summed E-state index contributed by atoms with van der Waals surface area (Å²) in [4.78, 5) is 30.0. The van der Waals surface area contributed by atoms with Crippen LogP contribution in [0.25, 0.3) is 0 Å². The van der Waals surface area contributed by atoms with Crippen molar-refractivity contribution in [2.75, 3.05) is 13.2 Å². The van der Waals surface area contributed by atoms with Gasteiger partial charge in [0.15, 0.2) is 18.2 Å². The van der Waals surface area contributed by atoms with Crippen LogP contribution in [0, 0.1) is 5.82 Å². The zero-order chi connectivity index (χ0) is 16.4. The van der Waals surface area contributed by atoms with Gasteiger partial charge in [-0.3, -0.25) is 9.59 Å². The van der Waals surface area contributed by atoms with Gasteiger partial charge in [0.25, 0.3) is 11.5 Å². The van der Waals surface area contributed by atoms with E-state index in [1.807, 2.05) is 0 Å². The number of carbonyl (C=O) groups excluding carboxylic acids is 1. The molecule has 1 aliphatic heterocycles. The third-order valence-electron chi connectivity index (χ3n) is 3.83. The summed E-state index contributed by atoms with van der Waals surface area (Å²) in [6, 6.07) is 5.94. The van der Waals surface area contributed by atoms with Crippen molar-refractivity contribution in [1.29, 1.82) is 0 Å². The van der Waals surface area contributed by atoms with Gasteiger partial charge in [-0.15, -0.1) is 0 Å². The highest BCUT2D eigenvalue weighted by molar-refractivity contribution is 5.78. The standard InChI is InChI=1S/C16H16FN3O3/c1-19-10-18-13-8-20(7-6-11(13)16(19)22)15(21)9-23-14-5-3-2-4-12(14)17/h2-5,10H,6-9H2,1H3. The third-order valence-corrected chi connectivity index (χ3v) is 3.83. The molecule has 2 heterocycles. The summed E-state index contributed by atoms with van der Waals surface area (Å²) in [6.07, 6.45) is 1.91. The van der Waals surface area contributed by atoms with Gasteiger partial charge in [-0.2, -0.15) is 0 Å². The summed E-state index contributed by atoms with van der Waals surface area (Å²) in [5, 5.41) is 0. The monoisotopic (exact) mass is 317 g/mol. The Labute approximate surface area is 132 Å². The molecule has 1 aliphatic rings. The number of aromatic nitrogens is 2. The molecule has 7 heteroatoms. The Bertz CT molecular complexity index is 803. The van der Waals surface area contributed by atoms with E-state index in [-0.39, 0.29) is 30.4 Å². The van der Waals surface area contributed by atoms with Gasteiger partial charge >= 0.3 is 0 Å². The Morgan fingerprint density at radius 1 is 1.39 bits per heavy atom. The SMILES string of the molecule is Cn1cnc2c(c1=O)CCN(C(=O)COc1ccccc1F)C2. The van der Waals surface area contributed by atoms with Gasteiger partial charge in [0.05, 0.1) is 18.6 Å². The maximum atomic E-state index is 13.5. The van der Waals surface area contributed by atoms with Crippen molar-refractivity contribution in [3.63, 3.8) is 0 Å². The Morgan fingerprint density at radius 3 is 2.96 bits per heavy atom. The molecule has 0 spiro atoms. The quantitative estimate of drug-likeness (QED) is 0.843. The first kappa shape index (κ1) is 15.2. The lowest BCUT2D eigenvalue weighted by Gasteiger charge is -2.27. The molecule has 2 aromatic rings. The Kier molecular flexibility index (Phi) is 4.10. The molecule has 1 aromatic heterocycles. The number of carbonyl (C=O) groups is 1. The predicted molar refractivity (Wildman–Crippen MR) is 80.5 cm³/mol. The summed E-state index contributed by atoms with van der Waals surface area (Å²) in [6.45, 7) is 0.444. The van der Waals surface area contributed by atoms with Crippen LogP contribution in [0.3, 0.4) is 0 Å². The van der Waals surface area contributed by atoms with Gasteiger partial charge < -0.3 is 14.2 Å². The van der Waals surface area contributed by atoms with Crippen molar-refractivity contribution < 1.29 is 13.9 Å². The van der Waals surface area contributed by atoms with Crippen molar-refractivity contribution in [2.45, 2.75) is 13.0 Å². The lowest BCUT2D eigenvalue weighted by atomic mass is 10.1. The van der Waals surface area contributed by atoms with Crippen LogP contribution in [0.2, 0.25) is 0 Å². The van der Waals surface area contributed by atoms with E-state index in [0.29, 0.717) is 24.2 Å². The second-order valence-electron chi connectivity index (χ2n) is 5.37. The Morgan fingerprint density at radius 2 is 2.17 bits per heavy atom. The number of aryl methyl sites for hydroxylation is 1. The number of nitrogens with zero attached hydrogens (tertiary/aromatic N) is 3. The number of hydrogen-bond acceptors (Lipinski definition) is 4. The van der Waals surface area contributed by atoms with E-state index in [1.165, 1.54) is 23.0 Å². The Hall–Kier alpha value is -2.70. The van der Waals surface area contributed by atoms with Crippen LogP contribution in [0.4, 0.5) is 4.39 Å². The van der Waals surface area contributed by atoms with E-state index in [2.05, 4.69) is 4.98 Å². The smallest absolute Gasteiger partial charge is 0.260 e. The van der Waals surface area contributed by atoms with Crippen molar-refractivity contribution in [3.8, 4) is 5.75 Å². The fourth-order valence-corrected chi connectivity index (χ4v) is 2.52. The van der Waals surface area contributed by atoms with Gasteiger partial charge in [-0.05, 0) is 18.6 Å². The highest BCUT2D eigenvalue weighted by Crippen LogP contribution is 2.17. The molecule has 0 atom stereocenters. The number of hydrogen-bond donors (Lipinski definition) is 0. The molecule has 0 N–H and O–H groups in total. The first-order chi connectivity index (χ1) is 11.1.